The molecule has 0 aromatic carbocycles. The molecule has 7 nitrogen and oxygen atoms in total. The van der Waals surface area contributed by atoms with Crippen molar-refractivity contribution in [1.82, 2.24) is 4.90 Å². The van der Waals surface area contributed by atoms with Crippen molar-refractivity contribution >= 4 is 17.7 Å². The molecule has 9 heteroatoms. The number of carboxylic acid groups (broad SMARTS) is 2. The zero-order valence-electron chi connectivity index (χ0n) is 13.8. The van der Waals surface area contributed by atoms with Gasteiger partial charge in [0.1, 0.15) is 17.8 Å². The van der Waals surface area contributed by atoms with Crippen molar-refractivity contribution in [2.24, 2.45) is 11.8 Å². The van der Waals surface area contributed by atoms with Crippen LogP contribution in [0.15, 0.2) is 11.8 Å². The van der Waals surface area contributed by atoms with Crippen LogP contribution < -0.4 is 0 Å². The number of carbonyl (C=O) groups excluding carboxylic acids is 1. The normalized spacial score (nSPS) is 44.6. The van der Waals surface area contributed by atoms with Gasteiger partial charge in [0.2, 0.25) is 0 Å². The van der Waals surface area contributed by atoms with Gasteiger partial charge in [0.25, 0.3) is 0 Å². The van der Waals surface area contributed by atoms with Gasteiger partial charge in [-0.1, -0.05) is 0 Å². The first-order valence-corrected chi connectivity index (χ1v) is 8.72. The van der Waals surface area contributed by atoms with Gasteiger partial charge in [0.15, 0.2) is 12.0 Å². The van der Waals surface area contributed by atoms with E-state index in [2.05, 4.69) is 0 Å². The largest absolute Gasteiger partial charge is 0.481 e. The lowest BCUT2D eigenvalue weighted by Crippen LogP contribution is -2.70. The minimum Gasteiger partial charge on any atom is -0.481 e. The van der Waals surface area contributed by atoms with Gasteiger partial charge in [-0.25, -0.2) is 13.6 Å². The Hall–Kier alpha value is -2.03. The molecule has 8 atom stereocenters. The van der Waals surface area contributed by atoms with Crippen LogP contribution in [0.4, 0.5) is 8.78 Å². The van der Waals surface area contributed by atoms with Crippen LogP contribution >= 0.6 is 0 Å². The highest BCUT2D eigenvalue weighted by Crippen LogP contribution is 2.47. The van der Waals surface area contributed by atoms with Crippen LogP contribution in [0.3, 0.4) is 0 Å². The SMILES string of the molecule is O=C(O)C1=CN2C3CC(C(=O)O)CCC3OC3C(F)C(F)CC(C1=O)C32. The van der Waals surface area contributed by atoms with Crippen LogP contribution in [-0.4, -0.2) is 69.5 Å². The van der Waals surface area contributed by atoms with Gasteiger partial charge in [0.05, 0.1) is 24.1 Å². The van der Waals surface area contributed by atoms with Crippen LogP contribution in [0.5, 0.6) is 0 Å². The summed E-state index contributed by atoms with van der Waals surface area (Å²) in [5.41, 5.74) is -0.465. The average Bonchev–Trinajstić information content (AvgIpc) is 2.60. The third kappa shape index (κ3) is 2.44. The Morgan fingerprint density at radius 1 is 1.19 bits per heavy atom. The Kier molecular flexibility index (Phi) is 4.02. The summed E-state index contributed by atoms with van der Waals surface area (Å²) in [6, 6.07) is -1.28. The Morgan fingerprint density at radius 2 is 1.92 bits per heavy atom. The first-order valence-electron chi connectivity index (χ1n) is 8.72. The molecule has 2 aliphatic carbocycles. The predicted molar refractivity (Wildman–Crippen MR) is 81.7 cm³/mol. The first kappa shape index (κ1) is 17.4. The van der Waals surface area contributed by atoms with Crippen LogP contribution in [0, 0.1) is 11.8 Å². The molecular formula is C17H19F2NO6. The zero-order chi connectivity index (χ0) is 18.7. The minimum atomic E-state index is -1.90. The summed E-state index contributed by atoms with van der Waals surface area (Å²) >= 11 is 0. The molecule has 0 radical (unpaired) electrons. The van der Waals surface area contributed by atoms with Crippen molar-refractivity contribution in [3.63, 3.8) is 0 Å². The monoisotopic (exact) mass is 371 g/mol. The molecule has 142 valence electrons. The fourth-order valence-corrected chi connectivity index (χ4v) is 4.92. The molecule has 26 heavy (non-hydrogen) atoms. The number of aliphatic carboxylic acids is 2. The second-order valence-corrected chi connectivity index (χ2v) is 7.51. The molecule has 0 aromatic rings. The number of hydrogen-bond acceptors (Lipinski definition) is 5. The van der Waals surface area contributed by atoms with Gasteiger partial charge in [-0.05, 0) is 25.7 Å². The number of carboxylic acids is 2. The minimum absolute atomic E-state index is 0.212. The van der Waals surface area contributed by atoms with Gasteiger partial charge in [-0.2, -0.15) is 0 Å². The molecule has 0 bridgehead atoms. The van der Waals surface area contributed by atoms with E-state index in [0.29, 0.717) is 12.8 Å². The Balaban J connectivity index is 1.76. The molecule has 1 saturated heterocycles. The van der Waals surface area contributed by atoms with E-state index in [4.69, 9.17) is 4.74 Å². The highest BCUT2D eigenvalue weighted by molar-refractivity contribution is 6.18. The third-order valence-electron chi connectivity index (χ3n) is 6.16. The van der Waals surface area contributed by atoms with Crippen molar-refractivity contribution in [2.45, 2.75) is 62.3 Å². The summed E-state index contributed by atoms with van der Waals surface area (Å²) in [5, 5.41) is 18.7. The van der Waals surface area contributed by atoms with E-state index in [-0.39, 0.29) is 6.42 Å². The highest BCUT2D eigenvalue weighted by atomic mass is 19.2. The van der Waals surface area contributed by atoms with Crippen LogP contribution in [0.1, 0.15) is 25.7 Å². The van der Waals surface area contributed by atoms with E-state index < -0.39 is 78.2 Å². The Labute approximate surface area is 147 Å². The maximum absolute atomic E-state index is 14.5. The number of fused-ring (bicyclic) bond motifs is 2. The van der Waals surface area contributed by atoms with Gasteiger partial charge >= 0.3 is 11.9 Å². The molecule has 0 aromatic heterocycles. The second kappa shape index (κ2) is 6.00. The van der Waals surface area contributed by atoms with Gasteiger partial charge in [0, 0.05) is 12.1 Å². The fraction of sp³-hybridized carbons (Fsp3) is 0.706. The summed E-state index contributed by atoms with van der Waals surface area (Å²) in [7, 11) is 0. The zero-order valence-corrected chi connectivity index (χ0v) is 13.8. The predicted octanol–water partition coefficient (Wildman–Crippen LogP) is 0.925. The topological polar surface area (TPSA) is 104 Å². The summed E-state index contributed by atoms with van der Waals surface area (Å²) in [4.78, 5) is 36.9. The number of alkyl halides is 2. The quantitative estimate of drug-likeness (QED) is 0.696. The molecule has 2 heterocycles. The maximum atomic E-state index is 14.5. The fourth-order valence-electron chi connectivity index (χ4n) is 4.92. The lowest BCUT2D eigenvalue weighted by atomic mass is 9.70. The molecule has 3 fully saturated rings. The number of Topliss-reactive ketones (excluding diaryl/α,β-unsaturated/α-hetero) is 1. The van der Waals surface area contributed by atoms with Crippen molar-refractivity contribution in [2.75, 3.05) is 0 Å². The number of rotatable bonds is 2. The Bertz CT molecular complexity index is 697. The van der Waals surface area contributed by atoms with Gasteiger partial charge < -0.3 is 19.8 Å². The molecule has 0 amide bonds. The van der Waals surface area contributed by atoms with Crippen LogP contribution in [0.2, 0.25) is 0 Å². The highest BCUT2D eigenvalue weighted by Gasteiger charge is 2.59. The maximum Gasteiger partial charge on any atom is 0.340 e. The van der Waals surface area contributed by atoms with Crippen molar-refractivity contribution in [3.05, 3.63) is 11.8 Å². The number of hydrogen-bond donors (Lipinski definition) is 2. The van der Waals surface area contributed by atoms with E-state index in [9.17, 15) is 33.4 Å². The molecule has 4 rings (SSSR count). The number of ketones is 1. The lowest BCUT2D eigenvalue weighted by Gasteiger charge is -2.58. The lowest BCUT2D eigenvalue weighted by molar-refractivity contribution is -0.214. The van der Waals surface area contributed by atoms with Gasteiger partial charge in [-0.3, -0.25) is 9.59 Å². The van der Waals surface area contributed by atoms with Crippen LogP contribution in [0.25, 0.3) is 0 Å². The van der Waals surface area contributed by atoms with E-state index in [1.807, 2.05) is 0 Å². The average molecular weight is 371 g/mol. The number of carbonyl (C=O) groups is 3. The molecule has 0 spiro atoms. The summed E-state index contributed by atoms with van der Waals surface area (Å²) < 4.78 is 34.5. The number of nitrogens with zero attached hydrogens (tertiary/aromatic N) is 1. The molecule has 4 aliphatic rings. The smallest absolute Gasteiger partial charge is 0.340 e. The molecule has 8 unspecified atom stereocenters. The van der Waals surface area contributed by atoms with Gasteiger partial charge in [-0.15, -0.1) is 0 Å². The van der Waals surface area contributed by atoms with Crippen molar-refractivity contribution in [3.8, 4) is 0 Å². The number of morpholine rings is 1. The Morgan fingerprint density at radius 3 is 2.58 bits per heavy atom. The summed E-state index contributed by atoms with van der Waals surface area (Å²) in [6.07, 6.45) is -3.76. The molecule has 2 aliphatic heterocycles. The number of halogens is 2. The molecular weight excluding hydrogens is 352 g/mol. The van der Waals surface area contributed by atoms with E-state index in [0.717, 1.165) is 0 Å². The number of ether oxygens (including phenoxy) is 1. The molecule has 2 N–H and O–H groups in total. The van der Waals surface area contributed by atoms with E-state index >= 15 is 0 Å². The van der Waals surface area contributed by atoms with E-state index in [1.54, 1.807) is 4.90 Å². The summed E-state index contributed by atoms with van der Waals surface area (Å²) in [6.45, 7) is 0. The standard InChI is InChI=1S/C17H19F2NO6/c18-9-4-7-13-15(12(9)19)26-11-2-1-6(16(22)23)3-10(11)20(13)5-8(14(7)21)17(24)25/h5-7,9-13,15H,1-4H2,(H,22,23)(H,24,25). The summed E-state index contributed by atoms with van der Waals surface area (Å²) in [5.74, 6) is -4.71. The second-order valence-electron chi connectivity index (χ2n) is 7.51. The third-order valence-corrected chi connectivity index (χ3v) is 6.16. The van der Waals surface area contributed by atoms with Crippen LogP contribution in [-0.2, 0) is 19.1 Å². The first-order chi connectivity index (χ1) is 12.3. The molecule has 2 saturated carbocycles. The van der Waals surface area contributed by atoms with Crippen molar-refractivity contribution in [1.29, 1.82) is 0 Å². The van der Waals surface area contributed by atoms with Crippen molar-refractivity contribution < 1.29 is 38.1 Å². The van der Waals surface area contributed by atoms with E-state index in [1.165, 1.54) is 6.20 Å².